The van der Waals surface area contributed by atoms with Crippen LogP contribution in [0.15, 0.2) is 29.8 Å². The van der Waals surface area contributed by atoms with Crippen LogP contribution in [0.25, 0.3) is 0 Å². The molecule has 1 atom stereocenters. The van der Waals surface area contributed by atoms with Gasteiger partial charge in [0.15, 0.2) is 6.61 Å². The van der Waals surface area contributed by atoms with Crippen LogP contribution in [0.2, 0.25) is 0 Å². The molecule has 2 aliphatic rings. The lowest BCUT2D eigenvalue weighted by Gasteiger charge is -2.34. The number of piperidine rings is 1. The Hall–Kier alpha value is -2.61. The van der Waals surface area contributed by atoms with Crippen LogP contribution in [0.4, 0.5) is 16.2 Å². The van der Waals surface area contributed by atoms with Gasteiger partial charge >= 0.3 is 6.03 Å². The summed E-state index contributed by atoms with van der Waals surface area (Å²) in [4.78, 5) is 32.4. The minimum absolute atomic E-state index is 0.0130. The third-order valence-corrected chi connectivity index (χ3v) is 5.67. The van der Waals surface area contributed by atoms with Crippen molar-refractivity contribution < 1.29 is 14.3 Å². The van der Waals surface area contributed by atoms with Crippen molar-refractivity contribution in [3.05, 3.63) is 34.8 Å². The molecule has 26 heavy (non-hydrogen) atoms. The van der Waals surface area contributed by atoms with Crippen LogP contribution < -0.4 is 15.0 Å². The minimum atomic E-state index is -0.134. The van der Waals surface area contributed by atoms with Crippen molar-refractivity contribution in [1.29, 1.82) is 0 Å². The number of urea groups is 1. The number of nitrogens with zero attached hydrogens (tertiary/aromatic N) is 3. The second kappa shape index (κ2) is 6.95. The Labute approximate surface area is 155 Å². The van der Waals surface area contributed by atoms with E-state index >= 15 is 0 Å². The molecule has 1 saturated heterocycles. The third-order valence-electron chi connectivity index (χ3n) is 4.80. The number of amides is 3. The fourth-order valence-electron chi connectivity index (χ4n) is 3.38. The van der Waals surface area contributed by atoms with Crippen LogP contribution in [-0.2, 0) is 4.79 Å². The van der Waals surface area contributed by atoms with Crippen LogP contribution in [0.3, 0.4) is 0 Å². The molecule has 2 aliphatic heterocycles. The first-order valence-electron chi connectivity index (χ1n) is 8.64. The quantitative estimate of drug-likeness (QED) is 0.878. The van der Waals surface area contributed by atoms with Crippen molar-refractivity contribution in [2.45, 2.75) is 25.3 Å². The molecule has 4 rings (SSSR count). The van der Waals surface area contributed by atoms with Crippen molar-refractivity contribution in [1.82, 2.24) is 9.88 Å². The molecule has 0 spiro atoms. The molecule has 1 aromatic heterocycles. The van der Waals surface area contributed by atoms with Gasteiger partial charge in [-0.25, -0.2) is 9.78 Å². The Bertz CT molecular complexity index is 824. The van der Waals surface area contributed by atoms with Gasteiger partial charge in [0.1, 0.15) is 10.8 Å². The molecule has 0 radical (unpaired) electrons. The highest BCUT2D eigenvalue weighted by atomic mass is 32.1. The zero-order valence-electron chi connectivity index (χ0n) is 14.5. The first-order chi connectivity index (χ1) is 12.6. The van der Waals surface area contributed by atoms with Crippen molar-refractivity contribution in [3.63, 3.8) is 0 Å². The van der Waals surface area contributed by atoms with E-state index < -0.39 is 0 Å². The standard InChI is InChI=1S/C18H20N4O3S/c1-21-13-6-5-12(10-15(13)25-11-16(21)23)20-18(24)22-8-3-2-4-14(22)17-19-7-9-26-17/h5-7,9-10,14H,2-4,8,11H2,1H3,(H,20,24)/t14-/m1/s1. The van der Waals surface area contributed by atoms with E-state index in [1.54, 1.807) is 47.7 Å². The number of nitrogens with one attached hydrogen (secondary N) is 1. The van der Waals surface area contributed by atoms with E-state index in [1.165, 1.54) is 0 Å². The van der Waals surface area contributed by atoms with Crippen LogP contribution >= 0.6 is 11.3 Å². The summed E-state index contributed by atoms with van der Waals surface area (Å²) in [6.45, 7) is 0.730. The van der Waals surface area contributed by atoms with Gasteiger partial charge in [-0.3, -0.25) is 4.79 Å². The summed E-state index contributed by atoms with van der Waals surface area (Å²) >= 11 is 1.59. The number of carbonyl (C=O) groups is 2. The summed E-state index contributed by atoms with van der Waals surface area (Å²) < 4.78 is 5.49. The van der Waals surface area contributed by atoms with Crippen LogP contribution in [0.1, 0.15) is 30.3 Å². The number of benzene rings is 1. The van der Waals surface area contributed by atoms with Gasteiger partial charge in [-0.15, -0.1) is 11.3 Å². The molecule has 7 nitrogen and oxygen atoms in total. The monoisotopic (exact) mass is 372 g/mol. The Kier molecular flexibility index (Phi) is 4.50. The highest BCUT2D eigenvalue weighted by Crippen LogP contribution is 2.35. The molecule has 1 N–H and O–H groups in total. The predicted molar refractivity (Wildman–Crippen MR) is 99.8 cm³/mol. The van der Waals surface area contributed by atoms with Crippen LogP contribution in [0, 0.1) is 0 Å². The molecule has 0 aliphatic carbocycles. The zero-order valence-corrected chi connectivity index (χ0v) is 15.3. The fraction of sp³-hybridized carbons (Fsp3) is 0.389. The summed E-state index contributed by atoms with van der Waals surface area (Å²) in [6, 6.07) is 5.23. The molecule has 0 unspecified atom stereocenters. The van der Waals surface area contributed by atoms with E-state index in [1.807, 2.05) is 10.3 Å². The number of aromatic nitrogens is 1. The highest BCUT2D eigenvalue weighted by Gasteiger charge is 2.30. The van der Waals surface area contributed by atoms with Crippen molar-refractivity contribution in [2.24, 2.45) is 0 Å². The van der Waals surface area contributed by atoms with E-state index in [0.717, 1.165) is 30.8 Å². The predicted octanol–water partition coefficient (Wildman–Crippen LogP) is 3.26. The number of thiazole rings is 1. The SMILES string of the molecule is CN1C(=O)COc2cc(NC(=O)N3CCCC[C@@H]3c3nccs3)ccc21. The van der Waals surface area contributed by atoms with Gasteiger partial charge in [-0.1, -0.05) is 0 Å². The van der Waals surface area contributed by atoms with Gasteiger partial charge in [0, 0.05) is 36.9 Å². The zero-order chi connectivity index (χ0) is 18.1. The second-order valence-corrected chi connectivity index (χ2v) is 7.36. The van der Waals surface area contributed by atoms with E-state index in [4.69, 9.17) is 4.74 Å². The Morgan fingerprint density at radius 3 is 3.08 bits per heavy atom. The molecule has 2 aromatic rings. The van der Waals surface area contributed by atoms with Gasteiger partial charge in [-0.2, -0.15) is 0 Å². The third kappa shape index (κ3) is 3.12. The first kappa shape index (κ1) is 16.8. The maximum absolute atomic E-state index is 12.8. The largest absolute Gasteiger partial charge is 0.481 e. The van der Waals surface area contributed by atoms with Crippen LogP contribution in [0.5, 0.6) is 5.75 Å². The van der Waals surface area contributed by atoms with Crippen LogP contribution in [-0.4, -0.2) is 42.0 Å². The average molecular weight is 372 g/mol. The smallest absolute Gasteiger partial charge is 0.322 e. The Morgan fingerprint density at radius 2 is 2.27 bits per heavy atom. The molecular weight excluding hydrogens is 352 g/mol. The number of hydrogen-bond acceptors (Lipinski definition) is 5. The van der Waals surface area contributed by atoms with E-state index in [0.29, 0.717) is 17.1 Å². The number of anilines is 2. The first-order valence-corrected chi connectivity index (χ1v) is 9.52. The number of hydrogen-bond donors (Lipinski definition) is 1. The Morgan fingerprint density at radius 1 is 1.38 bits per heavy atom. The summed E-state index contributed by atoms with van der Waals surface area (Å²) in [5, 5.41) is 5.88. The van der Waals surface area contributed by atoms with E-state index in [-0.39, 0.29) is 24.6 Å². The number of likely N-dealkylation sites (N-methyl/N-ethyl adjacent to an activating group) is 1. The normalized spacial score (nSPS) is 19.7. The molecule has 136 valence electrons. The lowest BCUT2D eigenvalue weighted by molar-refractivity contribution is -0.120. The fourth-order valence-corrected chi connectivity index (χ4v) is 4.17. The molecule has 3 heterocycles. The molecule has 1 fully saturated rings. The number of carbonyl (C=O) groups excluding carboxylic acids is 2. The summed E-state index contributed by atoms with van der Waals surface area (Å²) in [5.74, 6) is 0.508. The lowest BCUT2D eigenvalue weighted by Crippen LogP contribution is -2.41. The minimum Gasteiger partial charge on any atom is -0.481 e. The topological polar surface area (TPSA) is 74.8 Å². The van der Waals surface area contributed by atoms with Crippen molar-refractivity contribution >= 4 is 34.6 Å². The molecule has 0 saturated carbocycles. The second-order valence-electron chi connectivity index (χ2n) is 6.43. The summed E-state index contributed by atoms with van der Waals surface area (Å²) in [5.41, 5.74) is 1.36. The number of likely N-dealkylation sites (tertiary alicyclic amines) is 1. The molecule has 0 bridgehead atoms. The summed E-state index contributed by atoms with van der Waals surface area (Å²) in [7, 11) is 1.72. The maximum Gasteiger partial charge on any atom is 0.322 e. The van der Waals surface area contributed by atoms with Gasteiger partial charge in [0.2, 0.25) is 0 Å². The summed E-state index contributed by atoms with van der Waals surface area (Å²) in [6.07, 6.45) is 4.81. The molecule has 3 amide bonds. The molecule has 8 heteroatoms. The van der Waals surface area contributed by atoms with E-state index in [2.05, 4.69) is 10.3 Å². The number of rotatable bonds is 2. The van der Waals surface area contributed by atoms with Crippen molar-refractivity contribution in [2.75, 3.05) is 30.4 Å². The van der Waals surface area contributed by atoms with Gasteiger partial charge in [-0.05, 0) is 31.4 Å². The maximum atomic E-state index is 12.8. The Balaban J connectivity index is 1.51. The van der Waals surface area contributed by atoms with Gasteiger partial charge < -0.3 is 19.9 Å². The van der Waals surface area contributed by atoms with Gasteiger partial charge in [0.05, 0.1) is 11.7 Å². The molecule has 1 aromatic carbocycles. The van der Waals surface area contributed by atoms with Crippen molar-refractivity contribution in [3.8, 4) is 5.75 Å². The van der Waals surface area contributed by atoms with E-state index in [9.17, 15) is 9.59 Å². The van der Waals surface area contributed by atoms with Gasteiger partial charge in [0.25, 0.3) is 5.91 Å². The highest BCUT2D eigenvalue weighted by molar-refractivity contribution is 7.09. The number of fused-ring (bicyclic) bond motifs is 1. The average Bonchev–Trinajstić information content (AvgIpc) is 3.19. The lowest BCUT2D eigenvalue weighted by atomic mass is 10.0. The molecular formula is C18H20N4O3S. The number of ether oxygens (including phenoxy) is 1.